The highest BCUT2D eigenvalue weighted by atomic mass is 79.9. The zero-order chi connectivity index (χ0) is 16.5. The molecule has 0 saturated carbocycles. The number of hydrogen-bond acceptors (Lipinski definition) is 5. The third-order valence-corrected chi connectivity index (χ3v) is 5.24. The number of benzene rings is 1. The first-order chi connectivity index (χ1) is 11.7. The summed E-state index contributed by atoms with van der Waals surface area (Å²) in [6, 6.07) is 7.74. The summed E-state index contributed by atoms with van der Waals surface area (Å²) in [5.41, 5.74) is 2.60. The fourth-order valence-electron chi connectivity index (χ4n) is 2.23. The van der Waals surface area contributed by atoms with Crippen molar-refractivity contribution in [3.8, 4) is 11.1 Å². The lowest BCUT2D eigenvalue weighted by Crippen LogP contribution is -1.92. The lowest BCUT2D eigenvalue weighted by molar-refractivity contribution is 0.941. The van der Waals surface area contributed by atoms with E-state index >= 15 is 0 Å². The molecule has 0 spiro atoms. The second-order valence-corrected chi connectivity index (χ2v) is 7.13. The van der Waals surface area contributed by atoms with Crippen molar-refractivity contribution < 1.29 is 0 Å². The summed E-state index contributed by atoms with van der Waals surface area (Å²) in [7, 11) is 0. The molecule has 24 heavy (non-hydrogen) atoms. The summed E-state index contributed by atoms with van der Waals surface area (Å²) in [4.78, 5) is 13.8. The van der Waals surface area contributed by atoms with Crippen LogP contribution in [-0.2, 0) is 0 Å². The standard InChI is InChI=1S/C16H9BrClN5S/c17-13-7-21-15(8-19-13)24-12-3-1-2-11(16(12)18)10-6-20-14-4-5-22-23(14)9-10/h1-9H. The SMILES string of the molecule is Clc1c(Sc2cnc(Br)cn2)cccc1-c1cnc2ccnn2c1. The fraction of sp³-hybridized carbons (Fsp3) is 0. The van der Waals surface area contributed by atoms with Crippen LogP contribution < -0.4 is 0 Å². The Morgan fingerprint density at radius 1 is 1.04 bits per heavy atom. The van der Waals surface area contributed by atoms with Gasteiger partial charge >= 0.3 is 0 Å². The average molecular weight is 419 g/mol. The average Bonchev–Trinajstić information content (AvgIpc) is 3.06. The number of fused-ring (bicyclic) bond motifs is 1. The molecule has 8 heteroatoms. The maximum atomic E-state index is 6.61. The Kier molecular flexibility index (Phi) is 4.22. The lowest BCUT2D eigenvalue weighted by Gasteiger charge is -2.09. The molecule has 5 nitrogen and oxygen atoms in total. The van der Waals surface area contributed by atoms with Gasteiger partial charge in [0.1, 0.15) is 9.63 Å². The number of aromatic nitrogens is 5. The zero-order valence-corrected chi connectivity index (χ0v) is 15.3. The maximum Gasteiger partial charge on any atom is 0.154 e. The number of rotatable bonds is 3. The monoisotopic (exact) mass is 417 g/mol. The number of hydrogen-bond donors (Lipinski definition) is 0. The minimum Gasteiger partial charge on any atom is -0.245 e. The van der Waals surface area contributed by atoms with E-state index in [-0.39, 0.29) is 0 Å². The van der Waals surface area contributed by atoms with Crippen LogP contribution in [0, 0.1) is 0 Å². The molecule has 0 N–H and O–H groups in total. The van der Waals surface area contributed by atoms with Crippen molar-refractivity contribution in [1.82, 2.24) is 24.6 Å². The molecule has 0 aliphatic heterocycles. The van der Waals surface area contributed by atoms with E-state index in [9.17, 15) is 0 Å². The molecular weight excluding hydrogens is 410 g/mol. The zero-order valence-electron chi connectivity index (χ0n) is 12.1. The van der Waals surface area contributed by atoms with E-state index in [0.717, 1.165) is 26.7 Å². The molecule has 0 fully saturated rings. The van der Waals surface area contributed by atoms with Crippen LogP contribution >= 0.6 is 39.3 Å². The van der Waals surface area contributed by atoms with Gasteiger partial charge in [0, 0.05) is 34.5 Å². The molecule has 0 aliphatic carbocycles. The second kappa shape index (κ2) is 6.51. The van der Waals surface area contributed by atoms with Gasteiger partial charge in [-0.15, -0.1) is 0 Å². The van der Waals surface area contributed by atoms with Crippen molar-refractivity contribution in [3.05, 3.63) is 64.9 Å². The van der Waals surface area contributed by atoms with Crippen LogP contribution in [0.4, 0.5) is 0 Å². The highest BCUT2D eigenvalue weighted by molar-refractivity contribution is 9.10. The van der Waals surface area contributed by atoms with Gasteiger partial charge in [-0.3, -0.25) is 0 Å². The van der Waals surface area contributed by atoms with Crippen molar-refractivity contribution in [1.29, 1.82) is 0 Å². The Morgan fingerprint density at radius 2 is 1.96 bits per heavy atom. The largest absolute Gasteiger partial charge is 0.245 e. The Morgan fingerprint density at radius 3 is 2.79 bits per heavy atom. The molecule has 0 saturated heterocycles. The molecule has 0 unspecified atom stereocenters. The van der Waals surface area contributed by atoms with Crippen molar-refractivity contribution in [2.75, 3.05) is 0 Å². The van der Waals surface area contributed by atoms with E-state index in [1.807, 2.05) is 30.5 Å². The van der Waals surface area contributed by atoms with Gasteiger partial charge in [0.05, 0.1) is 23.6 Å². The molecule has 1 aromatic carbocycles. The van der Waals surface area contributed by atoms with Crippen molar-refractivity contribution >= 4 is 44.9 Å². The molecule has 0 radical (unpaired) electrons. The first-order valence-electron chi connectivity index (χ1n) is 6.94. The summed E-state index contributed by atoms with van der Waals surface area (Å²) in [6.45, 7) is 0. The van der Waals surface area contributed by atoms with Crippen molar-refractivity contribution in [2.24, 2.45) is 0 Å². The molecule has 0 amide bonds. The van der Waals surface area contributed by atoms with Crippen molar-refractivity contribution in [2.45, 2.75) is 9.92 Å². The van der Waals surface area contributed by atoms with Gasteiger partial charge in [-0.25, -0.2) is 19.5 Å². The lowest BCUT2D eigenvalue weighted by atomic mass is 10.1. The van der Waals surface area contributed by atoms with Crippen LogP contribution in [0.25, 0.3) is 16.8 Å². The quantitative estimate of drug-likeness (QED) is 0.480. The van der Waals surface area contributed by atoms with E-state index in [1.54, 1.807) is 29.3 Å². The summed E-state index contributed by atoms with van der Waals surface area (Å²) in [5, 5.41) is 5.65. The molecule has 3 heterocycles. The molecule has 4 rings (SSSR count). The van der Waals surface area contributed by atoms with E-state index in [2.05, 4.69) is 36.0 Å². The topological polar surface area (TPSA) is 56.0 Å². The molecule has 0 atom stereocenters. The molecule has 118 valence electrons. The summed E-state index contributed by atoms with van der Waals surface area (Å²) < 4.78 is 2.43. The first kappa shape index (κ1) is 15.6. The Hall–Kier alpha value is -1.96. The molecule has 0 aliphatic rings. The summed E-state index contributed by atoms with van der Waals surface area (Å²) in [6.07, 6.45) is 8.79. The minimum absolute atomic E-state index is 0.653. The van der Waals surface area contributed by atoms with Crippen LogP contribution in [0.5, 0.6) is 0 Å². The highest BCUT2D eigenvalue weighted by Crippen LogP contribution is 2.38. The predicted octanol–water partition coefficient (Wildman–Crippen LogP) is 4.75. The summed E-state index contributed by atoms with van der Waals surface area (Å²) >= 11 is 11.4. The molecular formula is C16H9BrClN5S. The van der Waals surface area contributed by atoms with Crippen LogP contribution in [-0.4, -0.2) is 24.6 Å². The van der Waals surface area contributed by atoms with Crippen molar-refractivity contribution in [3.63, 3.8) is 0 Å². The number of nitrogens with zero attached hydrogens (tertiary/aromatic N) is 5. The molecule has 0 bridgehead atoms. The smallest absolute Gasteiger partial charge is 0.154 e. The van der Waals surface area contributed by atoms with E-state index < -0.39 is 0 Å². The summed E-state index contributed by atoms with van der Waals surface area (Å²) in [5.74, 6) is 0. The fourth-order valence-corrected chi connectivity index (χ4v) is 3.57. The van der Waals surface area contributed by atoms with Gasteiger partial charge in [-0.1, -0.05) is 35.5 Å². The van der Waals surface area contributed by atoms with E-state index in [4.69, 9.17) is 11.6 Å². The third-order valence-electron chi connectivity index (χ3n) is 3.33. The van der Waals surface area contributed by atoms with Gasteiger partial charge in [-0.2, -0.15) is 5.10 Å². The third kappa shape index (κ3) is 3.02. The predicted molar refractivity (Wildman–Crippen MR) is 97.3 cm³/mol. The molecule has 3 aromatic heterocycles. The Labute approximate surface area is 155 Å². The number of halogens is 2. The van der Waals surface area contributed by atoms with Gasteiger partial charge in [0.25, 0.3) is 0 Å². The van der Waals surface area contributed by atoms with Crippen LogP contribution in [0.1, 0.15) is 0 Å². The van der Waals surface area contributed by atoms with E-state index in [1.165, 1.54) is 11.8 Å². The van der Waals surface area contributed by atoms with Crippen LogP contribution in [0.3, 0.4) is 0 Å². The van der Waals surface area contributed by atoms with Gasteiger partial charge in [0.15, 0.2) is 5.65 Å². The molecule has 4 aromatic rings. The van der Waals surface area contributed by atoms with Gasteiger partial charge in [0.2, 0.25) is 0 Å². The normalized spacial score (nSPS) is 11.1. The second-order valence-electron chi connectivity index (χ2n) is 4.87. The minimum atomic E-state index is 0.653. The highest BCUT2D eigenvalue weighted by Gasteiger charge is 2.11. The van der Waals surface area contributed by atoms with Gasteiger partial charge in [-0.05, 0) is 22.0 Å². The Balaban J connectivity index is 1.73. The maximum absolute atomic E-state index is 6.61. The Bertz CT molecular complexity index is 1020. The van der Waals surface area contributed by atoms with Crippen LogP contribution in [0.2, 0.25) is 5.02 Å². The first-order valence-corrected chi connectivity index (χ1v) is 8.93. The van der Waals surface area contributed by atoms with Gasteiger partial charge < -0.3 is 0 Å². The van der Waals surface area contributed by atoms with Crippen LogP contribution in [0.15, 0.2) is 69.8 Å². The van der Waals surface area contributed by atoms with E-state index in [0.29, 0.717) is 9.63 Å².